The molecule has 0 aliphatic carbocycles. The van der Waals surface area contributed by atoms with Gasteiger partial charge in [0.15, 0.2) is 0 Å². The van der Waals surface area contributed by atoms with Crippen molar-refractivity contribution in [1.82, 2.24) is 25.1 Å². The normalized spacial score (nSPS) is 16.6. The summed E-state index contributed by atoms with van der Waals surface area (Å²) in [5.41, 5.74) is 1.03. The molecule has 0 bridgehead atoms. The first-order valence-electron chi connectivity index (χ1n) is 10.7. The maximum Gasteiger partial charge on any atom is 0.416 e. The molecular weight excluding hydrogens is 433 g/mol. The van der Waals surface area contributed by atoms with E-state index >= 15 is 0 Å². The number of benzene rings is 1. The number of hydrogen-bond acceptors (Lipinski definition) is 5. The lowest BCUT2D eigenvalue weighted by Crippen LogP contribution is -2.43. The van der Waals surface area contributed by atoms with Crippen LogP contribution in [0, 0.1) is 19.8 Å². The third kappa shape index (κ3) is 5.15. The number of nitrogens with one attached hydrogen (secondary N) is 1. The standard InChI is InChI=1S/C23H25F3N6O/c1-15-10-16(2)32(30-15)19-6-5-17(20(11-19)23(24,25)26)12-29-22(33)18-4-3-9-31(14-18)21-13-27-7-8-28-21/h5-8,10-11,13,18H,3-4,9,12,14H2,1-2H3,(H,29,33). The number of hydrogen-bond donors (Lipinski definition) is 1. The van der Waals surface area contributed by atoms with Gasteiger partial charge in [-0.2, -0.15) is 18.3 Å². The highest BCUT2D eigenvalue weighted by Crippen LogP contribution is 2.34. The first-order valence-corrected chi connectivity index (χ1v) is 10.7. The highest BCUT2D eigenvalue weighted by molar-refractivity contribution is 5.79. The molecule has 1 fully saturated rings. The molecule has 0 saturated carbocycles. The molecule has 7 nitrogen and oxygen atoms in total. The number of halogens is 3. The molecule has 2 aromatic heterocycles. The third-order valence-corrected chi connectivity index (χ3v) is 5.77. The Kier molecular flexibility index (Phi) is 6.35. The van der Waals surface area contributed by atoms with E-state index in [1.54, 1.807) is 44.6 Å². The van der Waals surface area contributed by atoms with Crippen molar-refractivity contribution in [2.24, 2.45) is 5.92 Å². The molecule has 1 saturated heterocycles. The van der Waals surface area contributed by atoms with E-state index in [9.17, 15) is 18.0 Å². The Bertz CT molecular complexity index is 1130. The number of piperidine rings is 1. The molecule has 1 N–H and O–H groups in total. The Labute approximate surface area is 189 Å². The van der Waals surface area contributed by atoms with E-state index in [4.69, 9.17) is 0 Å². The lowest BCUT2D eigenvalue weighted by Gasteiger charge is -2.32. The average molecular weight is 458 g/mol. The Balaban J connectivity index is 1.48. The first-order chi connectivity index (χ1) is 15.7. The van der Waals surface area contributed by atoms with E-state index in [0.717, 1.165) is 30.4 Å². The van der Waals surface area contributed by atoms with Crippen molar-refractivity contribution in [1.29, 1.82) is 0 Å². The topological polar surface area (TPSA) is 75.9 Å². The summed E-state index contributed by atoms with van der Waals surface area (Å²) in [6, 6.07) is 5.88. The van der Waals surface area contributed by atoms with E-state index in [1.807, 2.05) is 4.90 Å². The van der Waals surface area contributed by atoms with E-state index in [2.05, 4.69) is 20.4 Å². The Morgan fingerprint density at radius 1 is 1.21 bits per heavy atom. The van der Waals surface area contributed by atoms with Gasteiger partial charge in [-0.25, -0.2) is 9.67 Å². The second kappa shape index (κ2) is 9.21. The number of carbonyl (C=O) groups is 1. The molecule has 10 heteroatoms. The Morgan fingerprint density at radius 3 is 2.70 bits per heavy atom. The summed E-state index contributed by atoms with van der Waals surface area (Å²) in [6.07, 6.45) is 1.72. The van der Waals surface area contributed by atoms with Gasteiger partial charge in [-0.1, -0.05) is 6.07 Å². The molecule has 1 atom stereocenters. The van der Waals surface area contributed by atoms with Crippen LogP contribution in [0.3, 0.4) is 0 Å². The number of alkyl halides is 3. The molecule has 1 aliphatic heterocycles. The molecule has 3 aromatic rings. The summed E-state index contributed by atoms with van der Waals surface area (Å²) in [5, 5.41) is 6.97. The fraction of sp³-hybridized carbons (Fsp3) is 0.391. The number of nitrogens with zero attached hydrogens (tertiary/aromatic N) is 5. The Hall–Kier alpha value is -3.43. The fourth-order valence-electron chi connectivity index (χ4n) is 4.18. The lowest BCUT2D eigenvalue weighted by molar-refractivity contribution is -0.138. The van der Waals surface area contributed by atoms with E-state index < -0.39 is 11.7 Å². The molecule has 174 valence electrons. The van der Waals surface area contributed by atoms with Gasteiger partial charge in [-0.15, -0.1) is 0 Å². The number of amides is 1. The van der Waals surface area contributed by atoms with Gasteiger partial charge in [-0.05, 0) is 50.5 Å². The molecule has 0 spiro atoms. The van der Waals surface area contributed by atoms with Gasteiger partial charge in [0.1, 0.15) is 5.82 Å². The van der Waals surface area contributed by atoms with Crippen molar-refractivity contribution >= 4 is 11.7 Å². The number of aromatic nitrogens is 4. The summed E-state index contributed by atoms with van der Waals surface area (Å²) < 4.78 is 42.9. The zero-order chi connectivity index (χ0) is 23.6. The van der Waals surface area contributed by atoms with Crippen LogP contribution in [0.25, 0.3) is 5.69 Å². The van der Waals surface area contributed by atoms with Crippen molar-refractivity contribution in [2.75, 3.05) is 18.0 Å². The van der Waals surface area contributed by atoms with Crippen LogP contribution < -0.4 is 10.2 Å². The van der Waals surface area contributed by atoms with Crippen LogP contribution in [0.5, 0.6) is 0 Å². The predicted octanol–water partition coefficient (Wildman–Crippen LogP) is 3.83. The van der Waals surface area contributed by atoms with Crippen LogP contribution in [0.15, 0.2) is 42.9 Å². The summed E-state index contributed by atoms with van der Waals surface area (Å²) in [6.45, 7) is 4.58. The second-order valence-corrected chi connectivity index (χ2v) is 8.24. The largest absolute Gasteiger partial charge is 0.416 e. The van der Waals surface area contributed by atoms with Crippen molar-refractivity contribution < 1.29 is 18.0 Å². The lowest BCUT2D eigenvalue weighted by atomic mass is 9.97. The molecule has 0 radical (unpaired) electrons. The zero-order valence-corrected chi connectivity index (χ0v) is 18.4. The minimum absolute atomic E-state index is 0.0164. The van der Waals surface area contributed by atoms with Crippen LogP contribution in [0.4, 0.5) is 19.0 Å². The van der Waals surface area contributed by atoms with Crippen LogP contribution in [-0.4, -0.2) is 38.7 Å². The first kappa shape index (κ1) is 22.8. The zero-order valence-electron chi connectivity index (χ0n) is 18.4. The fourth-order valence-corrected chi connectivity index (χ4v) is 4.18. The highest BCUT2D eigenvalue weighted by atomic mass is 19.4. The van der Waals surface area contributed by atoms with Crippen molar-refractivity contribution in [2.45, 2.75) is 39.4 Å². The minimum Gasteiger partial charge on any atom is -0.355 e. The predicted molar refractivity (Wildman–Crippen MR) is 117 cm³/mol. The monoisotopic (exact) mass is 458 g/mol. The molecule has 1 aliphatic rings. The smallest absolute Gasteiger partial charge is 0.355 e. The third-order valence-electron chi connectivity index (χ3n) is 5.77. The van der Waals surface area contributed by atoms with Gasteiger partial charge in [0.2, 0.25) is 5.91 Å². The van der Waals surface area contributed by atoms with Crippen molar-refractivity contribution in [3.8, 4) is 5.69 Å². The molecule has 1 unspecified atom stereocenters. The molecule has 1 aromatic carbocycles. The summed E-state index contributed by atoms with van der Waals surface area (Å²) in [7, 11) is 0. The van der Waals surface area contributed by atoms with E-state index in [-0.39, 0.29) is 23.9 Å². The van der Waals surface area contributed by atoms with Crippen LogP contribution in [0.2, 0.25) is 0 Å². The summed E-state index contributed by atoms with van der Waals surface area (Å²) in [5.74, 6) is 0.0949. The van der Waals surface area contributed by atoms with Crippen LogP contribution in [-0.2, 0) is 17.5 Å². The maximum atomic E-state index is 13.8. The van der Waals surface area contributed by atoms with Gasteiger partial charge in [-0.3, -0.25) is 9.78 Å². The molecule has 3 heterocycles. The number of anilines is 1. The summed E-state index contributed by atoms with van der Waals surface area (Å²) in [4.78, 5) is 23.1. The molecule has 33 heavy (non-hydrogen) atoms. The molecular formula is C23H25F3N6O. The number of aryl methyl sites for hydroxylation is 2. The van der Waals surface area contributed by atoms with Gasteiger partial charge >= 0.3 is 6.18 Å². The van der Waals surface area contributed by atoms with Gasteiger partial charge < -0.3 is 10.2 Å². The van der Waals surface area contributed by atoms with Crippen molar-refractivity contribution in [3.63, 3.8) is 0 Å². The number of carbonyl (C=O) groups excluding carboxylic acids is 1. The van der Waals surface area contributed by atoms with Gasteiger partial charge in [0.05, 0.1) is 29.1 Å². The minimum atomic E-state index is -4.56. The van der Waals surface area contributed by atoms with Gasteiger partial charge in [0, 0.05) is 37.7 Å². The Morgan fingerprint density at radius 2 is 2.03 bits per heavy atom. The molecule has 4 rings (SSSR count). The highest BCUT2D eigenvalue weighted by Gasteiger charge is 2.34. The summed E-state index contributed by atoms with van der Waals surface area (Å²) >= 11 is 0. The van der Waals surface area contributed by atoms with Gasteiger partial charge in [0.25, 0.3) is 0 Å². The van der Waals surface area contributed by atoms with Crippen molar-refractivity contribution in [3.05, 3.63) is 65.4 Å². The number of rotatable bonds is 5. The van der Waals surface area contributed by atoms with Crippen LogP contribution in [0.1, 0.15) is 35.4 Å². The maximum absolute atomic E-state index is 13.8. The molecule has 1 amide bonds. The van der Waals surface area contributed by atoms with Crippen LogP contribution >= 0.6 is 0 Å². The second-order valence-electron chi connectivity index (χ2n) is 8.24. The van der Waals surface area contributed by atoms with E-state index in [0.29, 0.717) is 24.5 Å². The van der Waals surface area contributed by atoms with E-state index in [1.165, 1.54) is 10.7 Å². The SMILES string of the molecule is Cc1cc(C)n(-c2ccc(CNC(=O)C3CCCN(c4cnccn4)C3)c(C(F)(F)F)c2)n1. The average Bonchev–Trinajstić information content (AvgIpc) is 3.15. The quantitative estimate of drug-likeness (QED) is 0.629.